The molecule has 0 aliphatic carbocycles. The van der Waals surface area contributed by atoms with E-state index in [9.17, 15) is 14.4 Å². The molecule has 0 bridgehead atoms. The van der Waals surface area contributed by atoms with Gasteiger partial charge in [0.25, 0.3) is 11.8 Å². The molecule has 5 nitrogen and oxygen atoms in total. The molecule has 6 heteroatoms. The number of rotatable bonds is 1. The fraction of sp³-hybridized carbons (Fsp3) is 0.400. The Balaban J connectivity index is 1.69. The zero-order chi connectivity index (χ0) is 14.9. The van der Waals surface area contributed by atoms with Gasteiger partial charge in [-0.15, -0.1) is 11.8 Å². The van der Waals surface area contributed by atoms with E-state index in [4.69, 9.17) is 0 Å². The van der Waals surface area contributed by atoms with Crippen molar-refractivity contribution >= 4 is 29.5 Å². The molecule has 0 spiro atoms. The van der Waals surface area contributed by atoms with E-state index in [1.165, 1.54) is 0 Å². The first-order valence-electron chi connectivity index (χ1n) is 6.86. The van der Waals surface area contributed by atoms with E-state index in [-0.39, 0.29) is 27.8 Å². The number of hydrogen-bond acceptors (Lipinski definition) is 4. The van der Waals surface area contributed by atoms with Crippen LogP contribution in [-0.2, 0) is 4.79 Å². The molecule has 2 atom stereocenters. The average molecular weight is 302 g/mol. The van der Waals surface area contributed by atoms with Crippen molar-refractivity contribution in [2.24, 2.45) is 0 Å². The predicted molar refractivity (Wildman–Crippen MR) is 77.9 cm³/mol. The molecule has 2 saturated heterocycles. The molecule has 1 aromatic carbocycles. The Morgan fingerprint density at radius 3 is 2.24 bits per heavy atom. The third-order valence-electron chi connectivity index (χ3n) is 4.21. The zero-order valence-corrected chi connectivity index (χ0v) is 12.5. The molecule has 1 unspecified atom stereocenters. The van der Waals surface area contributed by atoms with E-state index >= 15 is 0 Å². The van der Waals surface area contributed by atoms with Crippen molar-refractivity contribution in [1.82, 2.24) is 9.80 Å². The summed E-state index contributed by atoms with van der Waals surface area (Å²) in [6, 6.07) is 6.10. The second kappa shape index (κ2) is 3.88. The first-order chi connectivity index (χ1) is 9.91. The third-order valence-corrected chi connectivity index (χ3v) is 5.73. The Labute approximate surface area is 126 Å². The van der Waals surface area contributed by atoms with Gasteiger partial charge in [-0.2, -0.15) is 0 Å². The van der Waals surface area contributed by atoms with Crippen LogP contribution in [0.1, 0.15) is 34.6 Å². The molecule has 4 rings (SSSR count). The van der Waals surface area contributed by atoms with Gasteiger partial charge in [-0.25, -0.2) is 0 Å². The third kappa shape index (κ3) is 1.56. The second-order valence-electron chi connectivity index (χ2n) is 6.20. The van der Waals surface area contributed by atoms with E-state index in [1.807, 2.05) is 0 Å². The number of amides is 3. The molecular weight excluding hydrogens is 288 g/mol. The number of fused-ring (bicyclic) bond motifs is 2. The molecule has 3 amide bonds. The maximum Gasteiger partial charge on any atom is 0.262 e. The second-order valence-corrected chi connectivity index (χ2v) is 8.03. The summed E-state index contributed by atoms with van der Waals surface area (Å²) in [6.07, 6.45) is 0. The molecule has 108 valence electrons. The van der Waals surface area contributed by atoms with Crippen LogP contribution in [-0.4, -0.2) is 50.2 Å². The van der Waals surface area contributed by atoms with Gasteiger partial charge in [0, 0.05) is 11.3 Å². The van der Waals surface area contributed by atoms with Gasteiger partial charge in [0.2, 0.25) is 5.91 Å². The Hall–Kier alpha value is -1.82. The fourth-order valence-electron chi connectivity index (χ4n) is 3.27. The first-order valence-corrected chi connectivity index (χ1v) is 7.74. The van der Waals surface area contributed by atoms with Crippen LogP contribution in [0.25, 0.3) is 0 Å². The lowest BCUT2D eigenvalue weighted by Gasteiger charge is -2.44. The quantitative estimate of drug-likeness (QED) is 0.580. The summed E-state index contributed by atoms with van der Waals surface area (Å²) in [5.41, 5.74) is 0.798. The van der Waals surface area contributed by atoms with Gasteiger partial charge in [-0.1, -0.05) is 12.1 Å². The molecule has 0 saturated carbocycles. The van der Waals surface area contributed by atoms with Gasteiger partial charge in [-0.05, 0) is 26.0 Å². The zero-order valence-electron chi connectivity index (χ0n) is 11.7. The number of imide groups is 1. The van der Waals surface area contributed by atoms with Crippen LogP contribution < -0.4 is 0 Å². The van der Waals surface area contributed by atoms with Gasteiger partial charge in [0.15, 0.2) is 0 Å². The first kappa shape index (κ1) is 12.9. The van der Waals surface area contributed by atoms with Crippen molar-refractivity contribution in [3.05, 3.63) is 35.4 Å². The summed E-state index contributed by atoms with van der Waals surface area (Å²) in [4.78, 5) is 40.2. The topological polar surface area (TPSA) is 57.7 Å². The van der Waals surface area contributed by atoms with Crippen molar-refractivity contribution in [2.75, 3.05) is 6.54 Å². The van der Waals surface area contributed by atoms with Crippen molar-refractivity contribution in [1.29, 1.82) is 0 Å². The largest absolute Gasteiger partial charge is 0.325 e. The van der Waals surface area contributed by atoms with E-state index in [0.717, 1.165) is 4.90 Å². The number of carbonyl (C=O) groups is 3. The SMILES string of the molecule is CC1(C)CN2C(=O)C(N3C(=O)c4ccccc4C3=O)[C@H]2S1. The van der Waals surface area contributed by atoms with Crippen LogP contribution in [0.2, 0.25) is 0 Å². The highest BCUT2D eigenvalue weighted by Gasteiger charge is 2.61. The Morgan fingerprint density at radius 1 is 1.10 bits per heavy atom. The standard InChI is InChI=1S/C15H14N2O3S/c1-15(2)7-16-13(20)10(14(16)21-15)17-11(18)8-5-3-4-6-9(8)12(17)19/h3-6,10,14H,7H2,1-2H3/t10?,14-/m1/s1. The normalized spacial score (nSPS) is 29.5. The van der Waals surface area contributed by atoms with Crippen LogP contribution in [0.4, 0.5) is 0 Å². The van der Waals surface area contributed by atoms with Gasteiger partial charge >= 0.3 is 0 Å². The lowest BCUT2D eigenvalue weighted by Crippen LogP contribution is -2.68. The number of carbonyl (C=O) groups excluding carboxylic acids is 3. The number of nitrogens with zero attached hydrogens (tertiary/aromatic N) is 2. The minimum absolute atomic E-state index is 0.0340. The van der Waals surface area contributed by atoms with Gasteiger partial charge in [0.1, 0.15) is 11.4 Å². The lowest BCUT2D eigenvalue weighted by molar-refractivity contribution is -0.148. The van der Waals surface area contributed by atoms with E-state index < -0.39 is 6.04 Å². The molecule has 0 N–H and O–H groups in total. The number of hydrogen-bond donors (Lipinski definition) is 0. The molecule has 0 radical (unpaired) electrons. The lowest BCUT2D eigenvalue weighted by atomic mass is 10.0. The van der Waals surface area contributed by atoms with Crippen LogP contribution in [0.15, 0.2) is 24.3 Å². The molecule has 21 heavy (non-hydrogen) atoms. The van der Waals surface area contributed by atoms with Gasteiger partial charge in [-0.3, -0.25) is 19.3 Å². The summed E-state index contributed by atoms with van der Waals surface area (Å²) in [5.74, 6) is -0.814. The summed E-state index contributed by atoms with van der Waals surface area (Å²) in [5, 5.41) is -0.102. The highest BCUT2D eigenvalue weighted by atomic mass is 32.2. The molecular formula is C15H14N2O3S. The number of benzene rings is 1. The summed E-state index contributed by atoms with van der Waals surface area (Å²) >= 11 is 1.66. The smallest absolute Gasteiger partial charge is 0.262 e. The minimum atomic E-state index is -0.649. The molecule has 3 aliphatic heterocycles. The van der Waals surface area contributed by atoms with Crippen molar-refractivity contribution < 1.29 is 14.4 Å². The monoisotopic (exact) mass is 302 g/mol. The van der Waals surface area contributed by atoms with Crippen LogP contribution in [0.3, 0.4) is 0 Å². The molecule has 3 heterocycles. The molecule has 0 aromatic heterocycles. The fourth-order valence-corrected chi connectivity index (χ4v) is 4.81. The van der Waals surface area contributed by atoms with Crippen molar-refractivity contribution in [3.63, 3.8) is 0 Å². The number of thioether (sulfide) groups is 1. The predicted octanol–water partition coefficient (Wildman–Crippen LogP) is 1.34. The number of β-lactam (4-membered cyclic amide) rings is 1. The summed E-state index contributed by atoms with van der Waals surface area (Å²) in [6.45, 7) is 4.81. The van der Waals surface area contributed by atoms with E-state index in [1.54, 1.807) is 40.9 Å². The average Bonchev–Trinajstić information content (AvgIpc) is 2.87. The Kier molecular flexibility index (Phi) is 2.38. The van der Waals surface area contributed by atoms with E-state index in [2.05, 4.69) is 13.8 Å². The highest BCUT2D eigenvalue weighted by Crippen LogP contribution is 2.48. The maximum absolute atomic E-state index is 12.5. The summed E-state index contributed by atoms with van der Waals surface area (Å²) in [7, 11) is 0. The maximum atomic E-state index is 12.5. The molecule has 1 aromatic rings. The Morgan fingerprint density at radius 2 is 1.67 bits per heavy atom. The molecule has 2 fully saturated rings. The van der Waals surface area contributed by atoms with Gasteiger partial charge in [0.05, 0.1) is 11.1 Å². The van der Waals surface area contributed by atoms with Crippen LogP contribution in [0, 0.1) is 0 Å². The molecule has 3 aliphatic rings. The van der Waals surface area contributed by atoms with Crippen LogP contribution in [0.5, 0.6) is 0 Å². The van der Waals surface area contributed by atoms with E-state index in [0.29, 0.717) is 17.7 Å². The summed E-state index contributed by atoms with van der Waals surface area (Å²) < 4.78 is -0.0340. The van der Waals surface area contributed by atoms with Crippen LogP contribution >= 0.6 is 11.8 Å². The van der Waals surface area contributed by atoms with Gasteiger partial charge < -0.3 is 4.90 Å². The minimum Gasteiger partial charge on any atom is -0.325 e. The van der Waals surface area contributed by atoms with Crippen molar-refractivity contribution in [2.45, 2.75) is 30.0 Å². The Bertz CT molecular complexity index is 665. The highest BCUT2D eigenvalue weighted by molar-refractivity contribution is 8.01. The van der Waals surface area contributed by atoms with Crippen molar-refractivity contribution in [3.8, 4) is 0 Å².